The first-order valence-corrected chi connectivity index (χ1v) is 12.9. The van der Waals surface area contributed by atoms with Crippen molar-refractivity contribution < 1.29 is 14.4 Å². The predicted octanol–water partition coefficient (Wildman–Crippen LogP) is 5.49. The van der Waals surface area contributed by atoms with Gasteiger partial charge in [-0.25, -0.2) is 4.90 Å². The first-order chi connectivity index (χ1) is 15.4. The van der Waals surface area contributed by atoms with Crippen molar-refractivity contribution in [3.8, 4) is 0 Å². The number of nitrogens with zero attached hydrogens (tertiary/aromatic N) is 1. The highest BCUT2D eigenvalue weighted by Crippen LogP contribution is 2.45. The van der Waals surface area contributed by atoms with Crippen molar-refractivity contribution in [2.75, 3.05) is 10.2 Å². The van der Waals surface area contributed by atoms with Crippen LogP contribution in [0.2, 0.25) is 0 Å². The van der Waals surface area contributed by atoms with Gasteiger partial charge in [0.1, 0.15) is 0 Å². The van der Waals surface area contributed by atoms with E-state index < -0.39 is 0 Å². The lowest BCUT2D eigenvalue weighted by Crippen LogP contribution is -2.34. The van der Waals surface area contributed by atoms with Crippen molar-refractivity contribution in [3.05, 3.63) is 59.2 Å². The summed E-state index contributed by atoms with van der Waals surface area (Å²) in [5, 5.41) is 3.06. The number of halogens is 2. The molecule has 32 heavy (non-hydrogen) atoms. The number of carbonyl (C=O) groups is 3. The molecule has 0 unspecified atom stereocenters. The Balaban J connectivity index is 1.68. The van der Waals surface area contributed by atoms with Gasteiger partial charge in [0, 0.05) is 15.3 Å². The number of imide groups is 1. The van der Waals surface area contributed by atoms with E-state index in [0.29, 0.717) is 24.1 Å². The van der Waals surface area contributed by atoms with Crippen molar-refractivity contribution >= 4 is 61.0 Å². The topological polar surface area (TPSA) is 66.5 Å². The number of fused-ring (bicyclic) bond motifs is 1. The molecule has 1 saturated heterocycles. The Morgan fingerprint density at radius 1 is 0.906 bits per heavy atom. The third-order valence-corrected chi connectivity index (χ3v) is 9.27. The highest BCUT2D eigenvalue weighted by molar-refractivity contribution is 9.12. The lowest BCUT2D eigenvalue weighted by atomic mass is 9.81. The summed E-state index contributed by atoms with van der Waals surface area (Å²) in [5.41, 5.74) is 3.61. The average Bonchev–Trinajstić information content (AvgIpc) is 3.03. The molecule has 2 fully saturated rings. The van der Waals surface area contributed by atoms with Crippen LogP contribution in [-0.2, 0) is 22.4 Å². The van der Waals surface area contributed by atoms with Gasteiger partial charge in [-0.2, -0.15) is 0 Å². The molecule has 1 heterocycles. The van der Waals surface area contributed by atoms with E-state index in [2.05, 4.69) is 51.0 Å². The molecular weight excluding hydrogens is 536 g/mol. The van der Waals surface area contributed by atoms with E-state index in [0.717, 1.165) is 29.7 Å². The first-order valence-electron chi connectivity index (χ1n) is 11.0. The van der Waals surface area contributed by atoms with Crippen LogP contribution in [0.15, 0.2) is 42.5 Å². The number of anilines is 2. The van der Waals surface area contributed by atoms with Gasteiger partial charge in [-0.15, -0.1) is 0 Å². The van der Waals surface area contributed by atoms with Crippen molar-refractivity contribution in [2.24, 2.45) is 11.8 Å². The summed E-state index contributed by atoms with van der Waals surface area (Å²) in [5.74, 6) is -1.46. The van der Waals surface area contributed by atoms with Gasteiger partial charge in [0.05, 0.1) is 23.1 Å². The number of para-hydroxylation sites is 2. The van der Waals surface area contributed by atoms with E-state index in [1.165, 1.54) is 4.90 Å². The molecule has 2 aliphatic rings. The minimum atomic E-state index is -0.357. The molecule has 0 radical (unpaired) electrons. The second kappa shape index (κ2) is 9.48. The minimum Gasteiger partial charge on any atom is -0.321 e. The molecule has 0 spiro atoms. The smallest absolute Gasteiger partial charge is 0.257 e. The summed E-state index contributed by atoms with van der Waals surface area (Å²) in [6, 6.07) is 12.9. The molecule has 1 aliphatic heterocycles. The average molecular weight is 562 g/mol. The maximum absolute atomic E-state index is 13.4. The zero-order chi connectivity index (χ0) is 23.0. The van der Waals surface area contributed by atoms with Crippen LogP contribution in [0.3, 0.4) is 0 Å². The number of nitrogens with one attached hydrogen (secondary N) is 1. The van der Waals surface area contributed by atoms with Crippen molar-refractivity contribution in [3.63, 3.8) is 0 Å². The van der Waals surface area contributed by atoms with Crippen molar-refractivity contribution in [2.45, 2.75) is 49.2 Å². The molecule has 4 atom stereocenters. The van der Waals surface area contributed by atoms with E-state index in [1.54, 1.807) is 24.3 Å². The zero-order valence-electron chi connectivity index (χ0n) is 18.1. The van der Waals surface area contributed by atoms with Gasteiger partial charge in [-0.3, -0.25) is 14.4 Å². The van der Waals surface area contributed by atoms with E-state index in [-0.39, 0.29) is 39.2 Å². The van der Waals surface area contributed by atoms with Gasteiger partial charge in [0.25, 0.3) is 5.91 Å². The molecule has 3 amide bonds. The van der Waals surface area contributed by atoms with Gasteiger partial charge in [-0.05, 0) is 48.9 Å². The van der Waals surface area contributed by atoms with Crippen LogP contribution < -0.4 is 10.2 Å². The molecule has 4 rings (SSSR count). The summed E-state index contributed by atoms with van der Waals surface area (Å²) < 4.78 is 0. The Labute approximate surface area is 205 Å². The number of rotatable bonds is 5. The molecule has 1 N–H and O–H groups in total. The third kappa shape index (κ3) is 4.05. The number of alkyl halides is 2. The molecule has 168 valence electrons. The Morgan fingerprint density at radius 2 is 1.44 bits per heavy atom. The fourth-order valence-corrected chi connectivity index (χ4v) is 6.01. The lowest BCUT2D eigenvalue weighted by molar-refractivity contribution is -0.122. The van der Waals surface area contributed by atoms with Gasteiger partial charge in [-0.1, -0.05) is 76.0 Å². The normalized spacial score (nSPS) is 25.1. The summed E-state index contributed by atoms with van der Waals surface area (Å²) >= 11 is 7.25. The van der Waals surface area contributed by atoms with Crippen LogP contribution >= 0.6 is 31.9 Å². The third-order valence-electron chi connectivity index (χ3n) is 6.54. The first kappa shape index (κ1) is 23.2. The molecule has 5 nitrogen and oxygen atoms in total. The molecule has 1 aliphatic carbocycles. The van der Waals surface area contributed by atoms with Crippen LogP contribution in [0.25, 0.3) is 0 Å². The summed E-state index contributed by atoms with van der Waals surface area (Å²) in [6.45, 7) is 4.10. The van der Waals surface area contributed by atoms with Crippen LogP contribution in [0.4, 0.5) is 11.4 Å². The van der Waals surface area contributed by atoms with Gasteiger partial charge in [0.2, 0.25) is 11.8 Å². The summed E-state index contributed by atoms with van der Waals surface area (Å²) in [4.78, 5) is 41.4. The lowest BCUT2D eigenvalue weighted by Gasteiger charge is -2.29. The summed E-state index contributed by atoms with van der Waals surface area (Å²) in [6.07, 6.45) is 2.78. The Hall–Kier alpha value is -1.99. The number of carbonyl (C=O) groups excluding carboxylic acids is 3. The Kier molecular flexibility index (Phi) is 6.86. The van der Waals surface area contributed by atoms with E-state index in [9.17, 15) is 14.4 Å². The quantitative estimate of drug-likeness (QED) is 0.388. The maximum Gasteiger partial charge on any atom is 0.257 e. The minimum absolute atomic E-state index is 0.136. The highest BCUT2D eigenvalue weighted by Gasteiger charge is 2.52. The SMILES string of the molecule is CCc1cccc(CC)c1NC(=O)c1ccccc1N1C(=O)[C@@H]2C[C@H](Br)[C@@H](Br)C[C@H]2C1=O. The molecule has 2 aromatic carbocycles. The predicted molar refractivity (Wildman–Crippen MR) is 134 cm³/mol. The molecule has 0 aromatic heterocycles. The summed E-state index contributed by atoms with van der Waals surface area (Å²) in [7, 11) is 0. The molecular formula is C25H26Br2N2O3. The van der Waals surface area contributed by atoms with Crippen LogP contribution in [-0.4, -0.2) is 27.4 Å². The number of hydrogen-bond donors (Lipinski definition) is 1. The Morgan fingerprint density at radius 3 is 1.97 bits per heavy atom. The van der Waals surface area contributed by atoms with Gasteiger partial charge < -0.3 is 5.32 Å². The zero-order valence-corrected chi connectivity index (χ0v) is 21.3. The number of benzene rings is 2. The second-order valence-electron chi connectivity index (χ2n) is 8.36. The molecule has 2 aromatic rings. The van der Waals surface area contributed by atoms with Crippen molar-refractivity contribution in [1.82, 2.24) is 0 Å². The fourth-order valence-electron chi connectivity index (χ4n) is 4.78. The van der Waals surface area contributed by atoms with E-state index >= 15 is 0 Å². The van der Waals surface area contributed by atoms with Crippen molar-refractivity contribution in [1.29, 1.82) is 0 Å². The molecule has 0 bridgehead atoms. The standard InChI is InChI=1S/C25H26Br2N2O3/c1-3-14-8-7-9-15(4-2)22(14)28-23(30)16-10-5-6-11-21(16)29-24(31)17-12-19(26)20(27)13-18(17)25(29)32/h5-11,17-20H,3-4,12-13H2,1-2H3,(H,28,30)/t17-,18-,19+,20+/m1/s1. The highest BCUT2D eigenvalue weighted by atomic mass is 79.9. The number of aryl methyl sites for hydroxylation is 2. The largest absolute Gasteiger partial charge is 0.321 e. The molecule has 7 heteroatoms. The van der Waals surface area contributed by atoms with Gasteiger partial charge in [0.15, 0.2) is 0 Å². The van der Waals surface area contributed by atoms with E-state index in [1.807, 2.05) is 18.2 Å². The Bertz CT molecular complexity index is 1020. The van der Waals surface area contributed by atoms with Crippen LogP contribution in [0.5, 0.6) is 0 Å². The van der Waals surface area contributed by atoms with Gasteiger partial charge >= 0.3 is 0 Å². The second-order valence-corrected chi connectivity index (χ2v) is 10.7. The number of hydrogen-bond acceptors (Lipinski definition) is 3. The number of amides is 3. The van der Waals surface area contributed by atoms with Crippen LogP contribution in [0.1, 0.15) is 48.2 Å². The van der Waals surface area contributed by atoms with Crippen LogP contribution in [0, 0.1) is 11.8 Å². The van der Waals surface area contributed by atoms with E-state index in [4.69, 9.17) is 0 Å². The maximum atomic E-state index is 13.4. The monoisotopic (exact) mass is 560 g/mol. The molecule has 1 saturated carbocycles. The fraction of sp³-hybridized carbons (Fsp3) is 0.400.